The van der Waals surface area contributed by atoms with Crippen LogP contribution in [0.25, 0.3) is 0 Å². The lowest BCUT2D eigenvalue weighted by atomic mass is 10.2. The molecule has 0 aliphatic carbocycles. The summed E-state index contributed by atoms with van der Waals surface area (Å²) in [5, 5.41) is 12.6. The number of carbonyl (C=O) groups is 1. The van der Waals surface area contributed by atoms with Gasteiger partial charge in [-0.1, -0.05) is 24.3 Å². The largest absolute Gasteiger partial charge is 0.507 e. The van der Waals surface area contributed by atoms with Gasteiger partial charge in [0.25, 0.3) is 5.91 Å². The van der Waals surface area contributed by atoms with Crippen molar-refractivity contribution in [2.75, 3.05) is 51.3 Å². The molecule has 0 unspecified atom stereocenters. The van der Waals surface area contributed by atoms with E-state index in [0.717, 1.165) is 50.6 Å². The summed E-state index contributed by atoms with van der Waals surface area (Å²) in [4.78, 5) is 16.8. The third kappa shape index (κ3) is 4.92. The number of phenols is 1. The molecule has 1 aliphatic rings. The van der Waals surface area contributed by atoms with Crippen LogP contribution in [0.3, 0.4) is 0 Å². The van der Waals surface area contributed by atoms with E-state index < -0.39 is 0 Å². The number of piperazine rings is 1. The van der Waals surface area contributed by atoms with Crippen LogP contribution in [0.1, 0.15) is 16.8 Å². The van der Waals surface area contributed by atoms with Crippen LogP contribution in [0.5, 0.6) is 11.5 Å². The smallest absolute Gasteiger partial charge is 0.255 e. The van der Waals surface area contributed by atoms with Crippen LogP contribution in [0.15, 0.2) is 48.5 Å². The summed E-state index contributed by atoms with van der Waals surface area (Å²) >= 11 is 0. The molecular weight excluding hydrogens is 342 g/mol. The number of nitrogens with zero attached hydrogens (tertiary/aromatic N) is 2. The van der Waals surface area contributed by atoms with Crippen molar-refractivity contribution in [3.8, 4) is 11.5 Å². The lowest BCUT2D eigenvalue weighted by molar-refractivity contribution is 0.0949. The first-order chi connectivity index (χ1) is 13.2. The van der Waals surface area contributed by atoms with Gasteiger partial charge in [-0.2, -0.15) is 0 Å². The highest BCUT2D eigenvalue weighted by Gasteiger charge is 2.19. The summed E-state index contributed by atoms with van der Waals surface area (Å²) in [6, 6.07) is 14.7. The fraction of sp³-hybridized carbons (Fsp3) is 0.381. The number of methoxy groups -OCH3 is 1. The van der Waals surface area contributed by atoms with Crippen LogP contribution in [-0.4, -0.2) is 62.3 Å². The van der Waals surface area contributed by atoms with Crippen molar-refractivity contribution in [1.29, 1.82) is 0 Å². The normalized spacial score (nSPS) is 14.8. The first-order valence-electron chi connectivity index (χ1n) is 9.35. The highest BCUT2D eigenvalue weighted by atomic mass is 16.5. The van der Waals surface area contributed by atoms with E-state index in [2.05, 4.69) is 21.2 Å². The molecular formula is C21H27N3O3. The number of rotatable bonds is 7. The molecule has 2 aromatic carbocycles. The maximum absolute atomic E-state index is 12.1. The van der Waals surface area contributed by atoms with Crippen molar-refractivity contribution in [2.45, 2.75) is 6.42 Å². The molecule has 144 valence electrons. The number of phenolic OH excluding ortho intramolecular Hbond substituents is 1. The van der Waals surface area contributed by atoms with Gasteiger partial charge in [0, 0.05) is 32.7 Å². The van der Waals surface area contributed by atoms with E-state index in [-0.39, 0.29) is 11.7 Å². The van der Waals surface area contributed by atoms with Gasteiger partial charge >= 0.3 is 0 Å². The Labute approximate surface area is 160 Å². The minimum atomic E-state index is -0.228. The van der Waals surface area contributed by atoms with Crippen molar-refractivity contribution in [3.05, 3.63) is 54.1 Å². The molecule has 6 heteroatoms. The lowest BCUT2D eigenvalue weighted by Crippen LogP contribution is -2.47. The first-order valence-corrected chi connectivity index (χ1v) is 9.35. The average molecular weight is 369 g/mol. The highest BCUT2D eigenvalue weighted by Crippen LogP contribution is 2.28. The zero-order valence-electron chi connectivity index (χ0n) is 15.7. The topological polar surface area (TPSA) is 65.0 Å². The second-order valence-corrected chi connectivity index (χ2v) is 6.63. The Morgan fingerprint density at radius 2 is 1.78 bits per heavy atom. The SMILES string of the molecule is COc1ccccc1N1CCN(CCCNC(=O)c2ccccc2O)CC1. The molecule has 0 atom stereocenters. The molecule has 1 amide bonds. The molecule has 2 N–H and O–H groups in total. The number of aromatic hydroxyl groups is 1. The summed E-state index contributed by atoms with van der Waals surface area (Å²) < 4.78 is 5.46. The van der Waals surface area contributed by atoms with E-state index in [1.807, 2.05) is 18.2 Å². The van der Waals surface area contributed by atoms with Gasteiger partial charge < -0.3 is 20.1 Å². The zero-order chi connectivity index (χ0) is 19.1. The number of benzene rings is 2. The quantitative estimate of drug-likeness (QED) is 0.734. The molecule has 1 heterocycles. The second kappa shape index (κ2) is 9.28. The van der Waals surface area contributed by atoms with Crippen LogP contribution in [-0.2, 0) is 0 Å². The minimum Gasteiger partial charge on any atom is -0.507 e. The molecule has 0 saturated carbocycles. The van der Waals surface area contributed by atoms with Gasteiger partial charge in [0.1, 0.15) is 11.5 Å². The van der Waals surface area contributed by atoms with Gasteiger partial charge in [-0.15, -0.1) is 0 Å². The number of ether oxygens (including phenoxy) is 1. The van der Waals surface area contributed by atoms with E-state index in [4.69, 9.17) is 4.74 Å². The molecule has 0 aromatic heterocycles. The van der Waals surface area contributed by atoms with E-state index in [1.165, 1.54) is 6.07 Å². The predicted octanol–water partition coefficient (Wildman–Crippen LogP) is 2.34. The summed E-state index contributed by atoms with van der Waals surface area (Å²) in [6.07, 6.45) is 0.883. The van der Waals surface area contributed by atoms with Crippen molar-refractivity contribution >= 4 is 11.6 Å². The fourth-order valence-corrected chi connectivity index (χ4v) is 3.37. The summed E-state index contributed by atoms with van der Waals surface area (Å²) in [7, 11) is 1.71. The molecule has 1 aliphatic heterocycles. The first kappa shape index (κ1) is 19.0. The molecule has 1 fully saturated rings. The molecule has 3 rings (SSSR count). The molecule has 0 radical (unpaired) electrons. The fourth-order valence-electron chi connectivity index (χ4n) is 3.37. The second-order valence-electron chi connectivity index (χ2n) is 6.63. The highest BCUT2D eigenvalue weighted by molar-refractivity contribution is 5.96. The monoisotopic (exact) mass is 369 g/mol. The van der Waals surface area contributed by atoms with Gasteiger partial charge in [-0.3, -0.25) is 9.69 Å². The molecule has 0 spiro atoms. The Bertz CT molecular complexity index is 758. The third-order valence-electron chi connectivity index (χ3n) is 4.88. The summed E-state index contributed by atoms with van der Waals surface area (Å²) in [6.45, 7) is 5.45. The number of para-hydroxylation sites is 3. The van der Waals surface area contributed by atoms with E-state index >= 15 is 0 Å². The Kier molecular flexibility index (Phi) is 6.54. The minimum absolute atomic E-state index is 0.0162. The Morgan fingerprint density at radius 1 is 1.07 bits per heavy atom. The molecule has 2 aromatic rings. The Morgan fingerprint density at radius 3 is 2.52 bits per heavy atom. The van der Waals surface area contributed by atoms with Gasteiger partial charge in [0.15, 0.2) is 0 Å². The predicted molar refractivity (Wildman–Crippen MR) is 107 cm³/mol. The van der Waals surface area contributed by atoms with E-state index in [1.54, 1.807) is 25.3 Å². The van der Waals surface area contributed by atoms with Crippen molar-refractivity contribution in [3.63, 3.8) is 0 Å². The number of amides is 1. The van der Waals surface area contributed by atoms with Crippen molar-refractivity contribution in [1.82, 2.24) is 10.2 Å². The number of carbonyl (C=O) groups excluding carboxylic acids is 1. The maximum Gasteiger partial charge on any atom is 0.255 e. The van der Waals surface area contributed by atoms with Crippen LogP contribution in [0, 0.1) is 0 Å². The van der Waals surface area contributed by atoms with Gasteiger partial charge in [-0.25, -0.2) is 0 Å². The molecule has 27 heavy (non-hydrogen) atoms. The Balaban J connectivity index is 1.39. The third-order valence-corrected chi connectivity index (χ3v) is 4.88. The van der Waals surface area contributed by atoms with Crippen molar-refractivity contribution < 1.29 is 14.6 Å². The van der Waals surface area contributed by atoms with Gasteiger partial charge in [0.05, 0.1) is 18.4 Å². The summed E-state index contributed by atoms with van der Waals surface area (Å²) in [5.74, 6) is 0.703. The summed E-state index contributed by atoms with van der Waals surface area (Å²) in [5.41, 5.74) is 1.47. The Hall–Kier alpha value is -2.73. The molecule has 0 bridgehead atoms. The average Bonchev–Trinajstić information content (AvgIpc) is 2.72. The van der Waals surface area contributed by atoms with Crippen LogP contribution in [0.4, 0.5) is 5.69 Å². The van der Waals surface area contributed by atoms with Crippen molar-refractivity contribution in [2.24, 2.45) is 0 Å². The number of hydrogen-bond donors (Lipinski definition) is 2. The van der Waals surface area contributed by atoms with Crippen LogP contribution in [0.2, 0.25) is 0 Å². The van der Waals surface area contributed by atoms with E-state index in [0.29, 0.717) is 12.1 Å². The number of anilines is 1. The van der Waals surface area contributed by atoms with E-state index in [9.17, 15) is 9.90 Å². The molecule has 1 saturated heterocycles. The standard InChI is InChI=1S/C21H27N3O3/c1-27-20-10-5-3-8-18(20)24-15-13-23(14-16-24)12-6-11-22-21(26)17-7-2-4-9-19(17)25/h2-5,7-10,25H,6,11-16H2,1H3,(H,22,26). The number of nitrogens with one attached hydrogen (secondary N) is 1. The maximum atomic E-state index is 12.1. The molecule has 6 nitrogen and oxygen atoms in total. The zero-order valence-corrected chi connectivity index (χ0v) is 15.7. The van der Waals surface area contributed by atoms with Crippen LogP contribution < -0.4 is 15.0 Å². The lowest BCUT2D eigenvalue weighted by Gasteiger charge is -2.36. The van der Waals surface area contributed by atoms with Gasteiger partial charge in [-0.05, 0) is 37.2 Å². The number of hydrogen-bond acceptors (Lipinski definition) is 5. The van der Waals surface area contributed by atoms with Crippen LogP contribution >= 0.6 is 0 Å². The van der Waals surface area contributed by atoms with Gasteiger partial charge in [0.2, 0.25) is 0 Å².